The average molecular weight is 482 g/mol. The van der Waals surface area contributed by atoms with Crippen molar-refractivity contribution in [1.82, 2.24) is 5.06 Å². The van der Waals surface area contributed by atoms with Crippen LogP contribution in [0, 0.1) is 13.8 Å². The molecule has 0 aromatic heterocycles. The van der Waals surface area contributed by atoms with E-state index < -0.39 is 11.5 Å². The number of nitrogens with zero attached hydrogens (tertiary/aromatic N) is 2. The Bertz CT molecular complexity index is 1020. The molecule has 0 radical (unpaired) electrons. The number of amides is 1. The highest BCUT2D eigenvalue weighted by Crippen LogP contribution is 2.47. The van der Waals surface area contributed by atoms with E-state index in [4.69, 9.17) is 39.6 Å². The minimum atomic E-state index is -0.983. The van der Waals surface area contributed by atoms with Crippen LogP contribution in [-0.2, 0) is 14.4 Å². The van der Waals surface area contributed by atoms with E-state index in [9.17, 15) is 9.59 Å². The van der Waals surface area contributed by atoms with Crippen LogP contribution in [-0.4, -0.2) is 42.5 Å². The van der Waals surface area contributed by atoms with Crippen LogP contribution in [0.25, 0.3) is 0 Å². The van der Waals surface area contributed by atoms with E-state index in [-0.39, 0.29) is 11.7 Å². The van der Waals surface area contributed by atoms with Crippen molar-refractivity contribution in [1.29, 1.82) is 0 Å². The third-order valence-electron chi connectivity index (χ3n) is 6.38. The molecule has 2 fully saturated rings. The van der Waals surface area contributed by atoms with Crippen molar-refractivity contribution >= 4 is 52.2 Å². The number of hydrogen-bond donors (Lipinski definition) is 0. The Hall–Kier alpha value is -1.63. The zero-order valence-corrected chi connectivity index (χ0v) is 19.8. The van der Waals surface area contributed by atoms with Crippen LogP contribution in [0.3, 0.4) is 0 Å². The standard InChI is InChI=1S/C23H23Cl3N2O3/c1-13-8-15(24)9-14(2)19(13)20-21(29)23(4-6-27(31-3)7-5-23)28(22(20)30)18-11-16(25)10-17(26)12-18/h8-12,20H,4-7H2,1-3H3. The average Bonchev–Trinajstić information content (AvgIpc) is 2.88. The lowest BCUT2D eigenvalue weighted by Gasteiger charge is -2.42. The lowest BCUT2D eigenvalue weighted by molar-refractivity contribution is -0.155. The molecule has 1 spiro atoms. The van der Waals surface area contributed by atoms with Gasteiger partial charge in [0.1, 0.15) is 11.5 Å². The van der Waals surface area contributed by atoms with Gasteiger partial charge in [0.2, 0.25) is 5.91 Å². The van der Waals surface area contributed by atoms with Gasteiger partial charge in [-0.2, -0.15) is 5.06 Å². The summed E-state index contributed by atoms with van der Waals surface area (Å²) in [7, 11) is 1.61. The van der Waals surface area contributed by atoms with E-state index in [0.29, 0.717) is 46.7 Å². The number of ketones is 1. The fourth-order valence-corrected chi connectivity index (χ4v) is 5.86. The molecule has 1 amide bonds. The molecule has 0 saturated carbocycles. The molecule has 8 heteroatoms. The molecule has 2 aromatic carbocycles. The first kappa shape index (κ1) is 22.6. The van der Waals surface area contributed by atoms with Crippen LogP contribution < -0.4 is 4.90 Å². The molecule has 2 saturated heterocycles. The van der Waals surface area contributed by atoms with Crippen LogP contribution in [0.2, 0.25) is 15.1 Å². The van der Waals surface area contributed by atoms with Gasteiger partial charge in [0.05, 0.1) is 7.11 Å². The molecular formula is C23H23Cl3N2O3. The minimum Gasteiger partial charge on any atom is -0.302 e. The van der Waals surface area contributed by atoms with Crippen LogP contribution in [0.5, 0.6) is 0 Å². The summed E-state index contributed by atoms with van der Waals surface area (Å²) in [6.45, 7) is 4.83. The summed E-state index contributed by atoms with van der Waals surface area (Å²) >= 11 is 18.7. The van der Waals surface area contributed by atoms with E-state index in [2.05, 4.69) is 0 Å². The summed E-state index contributed by atoms with van der Waals surface area (Å²) in [5.41, 5.74) is 1.93. The second kappa shape index (κ2) is 8.38. The molecule has 31 heavy (non-hydrogen) atoms. The topological polar surface area (TPSA) is 49.9 Å². The van der Waals surface area contributed by atoms with Crippen molar-refractivity contribution in [2.24, 2.45) is 0 Å². The molecule has 0 bridgehead atoms. The lowest BCUT2D eigenvalue weighted by atomic mass is 9.78. The van der Waals surface area contributed by atoms with Crippen LogP contribution >= 0.6 is 34.8 Å². The van der Waals surface area contributed by atoms with Crippen molar-refractivity contribution in [3.05, 3.63) is 62.1 Å². The molecular weight excluding hydrogens is 459 g/mol. The molecule has 4 rings (SSSR count). The summed E-state index contributed by atoms with van der Waals surface area (Å²) in [5.74, 6) is -1.26. The van der Waals surface area contributed by atoms with Gasteiger partial charge in [-0.25, -0.2) is 0 Å². The molecule has 5 nitrogen and oxygen atoms in total. The zero-order chi connectivity index (χ0) is 22.5. The van der Waals surface area contributed by atoms with Gasteiger partial charge in [-0.1, -0.05) is 34.8 Å². The highest BCUT2D eigenvalue weighted by molar-refractivity contribution is 6.35. The Labute approximate surface area is 196 Å². The van der Waals surface area contributed by atoms with Gasteiger partial charge in [-0.15, -0.1) is 0 Å². The number of halogens is 3. The molecule has 2 heterocycles. The maximum Gasteiger partial charge on any atom is 0.243 e. The van der Waals surface area contributed by atoms with E-state index in [1.54, 1.807) is 47.4 Å². The molecule has 2 aliphatic heterocycles. The highest BCUT2D eigenvalue weighted by Gasteiger charge is 2.60. The number of hydroxylamine groups is 2. The fourth-order valence-electron chi connectivity index (χ4n) is 5.01. The third kappa shape index (κ3) is 3.77. The predicted octanol–water partition coefficient (Wildman–Crippen LogP) is 5.36. The molecule has 0 aliphatic carbocycles. The molecule has 1 atom stereocenters. The summed E-state index contributed by atoms with van der Waals surface area (Å²) in [5, 5.41) is 3.21. The molecule has 1 unspecified atom stereocenters. The Kier molecular flexibility index (Phi) is 6.10. The first-order valence-electron chi connectivity index (χ1n) is 10.1. The lowest BCUT2D eigenvalue weighted by Crippen LogP contribution is -2.56. The normalized spacial score (nSPS) is 21.4. The molecule has 0 N–H and O–H groups in total. The van der Waals surface area contributed by atoms with Crippen molar-refractivity contribution in [3.63, 3.8) is 0 Å². The van der Waals surface area contributed by atoms with Crippen LogP contribution in [0.15, 0.2) is 30.3 Å². The van der Waals surface area contributed by atoms with Gasteiger partial charge in [0.15, 0.2) is 5.78 Å². The number of anilines is 1. The third-order valence-corrected chi connectivity index (χ3v) is 7.03. The Morgan fingerprint density at radius 1 is 0.903 bits per heavy atom. The van der Waals surface area contributed by atoms with Crippen molar-refractivity contribution in [2.75, 3.05) is 25.1 Å². The fraction of sp³-hybridized carbons (Fsp3) is 0.391. The van der Waals surface area contributed by atoms with E-state index in [1.807, 2.05) is 13.8 Å². The molecule has 2 aromatic rings. The Morgan fingerprint density at radius 3 is 1.94 bits per heavy atom. The first-order chi connectivity index (χ1) is 14.7. The Balaban J connectivity index is 1.88. The SMILES string of the molecule is CON1CCC2(CC1)C(=O)C(c1c(C)cc(Cl)cc1C)C(=O)N2c1cc(Cl)cc(Cl)c1. The van der Waals surface area contributed by atoms with Crippen molar-refractivity contribution in [3.8, 4) is 0 Å². The quantitative estimate of drug-likeness (QED) is 0.554. The van der Waals surface area contributed by atoms with Gasteiger partial charge in [-0.3, -0.25) is 14.5 Å². The van der Waals surface area contributed by atoms with E-state index >= 15 is 0 Å². The maximum atomic E-state index is 14.0. The number of piperidine rings is 1. The van der Waals surface area contributed by atoms with Crippen LogP contribution in [0.4, 0.5) is 5.69 Å². The van der Waals surface area contributed by atoms with Crippen LogP contribution in [0.1, 0.15) is 35.4 Å². The summed E-state index contributed by atoms with van der Waals surface area (Å²) in [4.78, 5) is 34.9. The number of carbonyl (C=O) groups excluding carboxylic acids is 2. The molecule has 164 valence electrons. The van der Waals surface area contributed by atoms with Crippen molar-refractivity contribution < 1.29 is 14.4 Å². The highest BCUT2D eigenvalue weighted by atomic mass is 35.5. The number of Topliss-reactive ketones (excluding diaryl/α,β-unsaturated/α-hetero) is 1. The minimum absolute atomic E-state index is 0.0992. The summed E-state index contributed by atoms with van der Waals surface area (Å²) in [6.07, 6.45) is 0.912. The van der Waals surface area contributed by atoms with Gasteiger partial charge < -0.3 is 4.84 Å². The second-order valence-electron chi connectivity index (χ2n) is 8.19. The number of carbonyl (C=O) groups is 2. The number of hydrogen-bond acceptors (Lipinski definition) is 4. The predicted molar refractivity (Wildman–Crippen MR) is 123 cm³/mol. The first-order valence-corrected chi connectivity index (χ1v) is 11.2. The van der Waals surface area contributed by atoms with E-state index in [1.165, 1.54) is 0 Å². The molecule has 2 aliphatic rings. The summed E-state index contributed by atoms with van der Waals surface area (Å²) in [6, 6.07) is 8.58. The number of benzene rings is 2. The number of aryl methyl sites for hydroxylation is 2. The summed E-state index contributed by atoms with van der Waals surface area (Å²) < 4.78 is 0. The van der Waals surface area contributed by atoms with Gasteiger partial charge in [0.25, 0.3) is 0 Å². The van der Waals surface area contributed by atoms with Gasteiger partial charge in [0, 0.05) is 33.8 Å². The van der Waals surface area contributed by atoms with Crippen molar-refractivity contribution in [2.45, 2.75) is 38.1 Å². The van der Waals surface area contributed by atoms with Gasteiger partial charge >= 0.3 is 0 Å². The second-order valence-corrected chi connectivity index (χ2v) is 9.50. The van der Waals surface area contributed by atoms with E-state index in [0.717, 1.165) is 16.7 Å². The maximum absolute atomic E-state index is 14.0. The Morgan fingerprint density at radius 2 is 1.42 bits per heavy atom. The smallest absolute Gasteiger partial charge is 0.243 e. The zero-order valence-electron chi connectivity index (χ0n) is 17.5. The largest absolute Gasteiger partial charge is 0.302 e. The number of rotatable bonds is 3. The monoisotopic (exact) mass is 480 g/mol. The van der Waals surface area contributed by atoms with Gasteiger partial charge in [-0.05, 0) is 73.7 Å².